The molecule has 2 aromatic rings. The molecule has 4 rings (SSSR count). The third-order valence-corrected chi connectivity index (χ3v) is 4.89. The van der Waals surface area contributed by atoms with Crippen molar-refractivity contribution < 1.29 is 13.6 Å². The zero-order chi connectivity index (χ0) is 17.6. The molecule has 5 heteroatoms. The number of carbonyl (C=O) groups excluding carboxylic acids is 1. The van der Waals surface area contributed by atoms with Crippen molar-refractivity contribution in [3.8, 4) is 0 Å². The Morgan fingerprint density at radius 3 is 2.60 bits per heavy atom. The summed E-state index contributed by atoms with van der Waals surface area (Å²) in [6.45, 7) is 0.920. The Balaban J connectivity index is 1.84. The van der Waals surface area contributed by atoms with Crippen LogP contribution in [-0.2, 0) is 4.79 Å². The van der Waals surface area contributed by atoms with Crippen molar-refractivity contribution in [3.63, 3.8) is 0 Å². The molecule has 1 saturated heterocycles. The second-order valence-corrected chi connectivity index (χ2v) is 6.62. The molecule has 0 radical (unpaired) electrons. The van der Waals surface area contributed by atoms with Crippen LogP contribution in [0.3, 0.4) is 0 Å². The number of piperazine rings is 1. The fraction of sp³-hybridized carbons (Fsp3) is 0.250. The minimum absolute atomic E-state index is 0.00401. The van der Waals surface area contributed by atoms with Crippen molar-refractivity contribution in [1.29, 1.82) is 0 Å². The summed E-state index contributed by atoms with van der Waals surface area (Å²) in [4.78, 5) is 16.4. The van der Waals surface area contributed by atoms with Gasteiger partial charge in [-0.2, -0.15) is 0 Å². The summed E-state index contributed by atoms with van der Waals surface area (Å²) in [6, 6.07) is 12.6. The van der Waals surface area contributed by atoms with Gasteiger partial charge >= 0.3 is 0 Å². The third kappa shape index (κ3) is 2.74. The predicted octanol–water partition coefficient (Wildman–Crippen LogP) is 3.25. The molecule has 0 aliphatic carbocycles. The number of rotatable bonds is 2. The molecule has 128 valence electrons. The standard InChI is InChI=1S/C20H18F2N2O/c1-23-11-19-16(15-9-14(21)7-8-17(15)22)10-18(24(19)20(25)12-23)13-5-3-2-4-6-13/h2-10,18-19H,11-12H2,1H3. The van der Waals surface area contributed by atoms with Crippen LogP contribution < -0.4 is 0 Å². The van der Waals surface area contributed by atoms with Crippen LogP contribution in [0.5, 0.6) is 0 Å². The summed E-state index contributed by atoms with van der Waals surface area (Å²) in [5.41, 5.74) is 1.87. The summed E-state index contributed by atoms with van der Waals surface area (Å²) >= 11 is 0. The minimum Gasteiger partial charge on any atom is -0.323 e. The third-order valence-electron chi connectivity index (χ3n) is 4.89. The first kappa shape index (κ1) is 16.0. The molecule has 0 bridgehead atoms. The van der Waals surface area contributed by atoms with Gasteiger partial charge in [-0.05, 0) is 36.4 Å². The molecule has 2 unspecified atom stereocenters. The molecule has 2 aromatic carbocycles. The first-order chi connectivity index (χ1) is 12.0. The lowest BCUT2D eigenvalue weighted by atomic mass is 9.97. The van der Waals surface area contributed by atoms with Crippen LogP contribution in [0.2, 0.25) is 0 Å². The molecule has 1 fully saturated rings. The van der Waals surface area contributed by atoms with Crippen molar-refractivity contribution in [3.05, 3.63) is 77.4 Å². The van der Waals surface area contributed by atoms with Gasteiger partial charge in [0.2, 0.25) is 5.91 Å². The number of halogens is 2. The van der Waals surface area contributed by atoms with E-state index >= 15 is 0 Å². The molecule has 0 aromatic heterocycles. The zero-order valence-electron chi connectivity index (χ0n) is 13.8. The molecular weight excluding hydrogens is 322 g/mol. The number of amides is 1. The number of likely N-dealkylation sites (N-methyl/N-ethyl adjacent to an activating group) is 1. The summed E-state index contributed by atoms with van der Waals surface area (Å²) in [7, 11) is 1.87. The number of benzene rings is 2. The van der Waals surface area contributed by atoms with E-state index in [0.717, 1.165) is 17.7 Å². The SMILES string of the molecule is CN1CC(=O)N2C(C1)C(c1cc(F)ccc1F)=CC2c1ccccc1. The lowest BCUT2D eigenvalue weighted by molar-refractivity contribution is -0.138. The smallest absolute Gasteiger partial charge is 0.238 e. The molecule has 25 heavy (non-hydrogen) atoms. The molecule has 2 aliphatic rings. The van der Waals surface area contributed by atoms with E-state index in [1.54, 1.807) is 4.90 Å². The molecule has 1 amide bonds. The maximum atomic E-state index is 14.4. The molecule has 0 spiro atoms. The monoisotopic (exact) mass is 340 g/mol. The van der Waals surface area contributed by atoms with Crippen molar-refractivity contribution in [2.75, 3.05) is 20.1 Å². The van der Waals surface area contributed by atoms with Crippen LogP contribution in [0.4, 0.5) is 8.78 Å². The van der Waals surface area contributed by atoms with Crippen molar-refractivity contribution in [2.24, 2.45) is 0 Å². The van der Waals surface area contributed by atoms with E-state index in [1.807, 2.05) is 48.4 Å². The number of carbonyl (C=O) groups is 1. The van der Waals surface area contributed by atoms with Crippen LogP contribution in [0.1, 0.15) is 17.2 Å². The van der Waals surface area contributed by atoms with Crippen molar-refractivity contribution >= 4 is 11.5 Å². The number of hydrogen-bond acceptors (Lipinski definition) is 2. The Labute approximate surface area is 145 Å². The van der Waals surface area contributed by atoms with Gasteiger partial charge in [-0.3, -0.25) is 9.69 Å². The first-order valence-corrected chi connectivity index (χ1v) is 8.26. The fourth-order valence-corrected chi connectivity index (χ4v) is 3.79. The van der Waals surface area contributed by atoms with Crippen LogP contribution >= 0.6 is 0 Å². The molecule has 0 saturated carbocycles. The number of nitrogens with zero attached hydrogens (tertiary/aromatic N) is 2. The Morgan fingerprint density at radius 1 is 1.08 bits per heavy atom. The van der Waals surface area contributed by atoms with E-state index in [2.05, 4.69) is 0 Å². The summed E-state index contributed by atoms with van der Waals surface area (Å²) in [6.07, 6.45) is 1.90. The van der Waals surface area contributed by atoms with Gasteiger partial charge in [-0.25, -0.2) is 8.78 Å². The van der Waals surface area contributed by atoms with Gasteiger partial charge in [0, 0.05) is 12.1 Å². The molecule has 3 nitrogen and oxygen atoms in total. The van der Waals surface area contributed by atoms with E-state index in [4.69, 9.17) is 0 Å². The lowest BCUT2D eigenvalue weighted by Gasteiger charge is -2.39. The van der Waals surface area contributed by atoms with Gasteiger partial charge in [0.05, 0.1) is 18.6 Å². The van der Waals surface area contributed by atoms with E-state index in [-0.39, 0.29) is 23.6 Å². The average molecular weight is 340 g/mol. The molecule has 2 heterocycles. The van der Waals surface area contributed by atoms with Crippen molar-refractivity contribution in [2.45, 2.75) is 12.1 Å². The predicted molar refractivity (Wildman–Crippen MR) is 91.6 cm³/mol. The van der Waals surface area contributed by atoms with Crippen LogP contribution in [0, 0.1) is 11.6 Å². The molecule has 0 N–H and O–H groups in total. The maximum absolute atomic E-state index is 14.4. The van der Waals surface area contributed by atoms with Crippen LogP contribution in [-0.4, -0.2) is 41.9 Å². The van der Waals surface area contributed by atoms with E-state index in [1.165, 1.54) is 6.07 Å². The van der Waals surface area contributed by atoms with E-state index in [0.29, 0.717) is 18.7 Å². The zero-order valence-corrected chi connectivity index (χ0v) is 13.8. The second kappa shape index (κ2) is 6.08. The Kier molecular flexibility index (Phi) is 3.88. The number of hydrogen-bond donors (Lipinski definition) is 0. The summed E-state index contributed by atoms with van der Waals surface area (Å²) in [5.74, 6) is -0.958. The molecular formula is C20H18F2N2O. The van der Waals surface area contributed by atoms with E-state index < -0.39 is 11.6 Å². The Morgan fingerprint density at radius 2 is 1.84 bits per heavy atom. The maximum Gasteiger partial charge on any atom is 0.238 e. The lowest BCUT2D eigenvalue weighted by Crippen LogP contribution is -2.54. The Bertz CT molecular complexity index is 850. The van der Waals surface area contributed by atoms with Crippen molar-refractivity contribution in [1.82, 2.24) is 9.80 Å². The highest BCUT2D eigenvalue weighted by Gasteiger charge is 2.43. The number of fused-ring (bicyclic) bond motifs is 1. The highest BCUT2D eigenvalue weighted by molar-refractivity contribution is 5.87. The minimum atomic E-state index is -0.484. The van der Waals surface area contributed by atoms with Crippen LogP contribution in [0.15, 0.2) is 54.6 Å². The van der Waals surface area contributed by atoms with Crippen LogP contribution in [0.25, 0.3) is 5.57 Å². The van der Waals surface area contributed by atoms with E-state index in [9.17, 15) is 13.6 Å². The highest BCUT2D eigenvalue weighted by Crippen LogP contribution is 2.41. The van der Waals surface area contributed by atoms with Gasteiger partial charge in [0.15, 0.2) is 0 Å². The summed E-state index contributed by atoms with van der Waals surface area (Å²) in [5, 5.41) is 0. The Hall–Kier alpha value is -2.53. The van der Waals surface area contributed by atoms with Gasteiger partial charge < -0.3 is 4.90 Å². The average Bonchev–Trinajstić information content (AvgIpc) is 2.97. The molecule has 2 aliphatic heterocycles. The van der Waals surface area contributed by atoms with Gasteiger partial charge in [-0.15, -0.1) is 0 Å². The second-order valence-electron chi connectivity index (χ2n) is 6.62. The van der Waals surface area contributed by atoms with Gasteiger partial charge in [0.25, 0.3) is 0 Å². The normalized spacial score (nSPS) is 23.6. The first-order valence-electron chi connectivity index (χ1n) is 8.26. The summed E-state index contributed by atoms with van der Waals surface area (Å²) < 4.78 is 28.1. The quantitative estimate of drug-likeness (QED) is 0.838. The van der Waals surface area contributed by atoms with Gasteiger partial charge in [0.1, 0.15) is 11.6 Å². The largest absolute Gasteiger partial charge is 0.323 e. The topological polar surface area (TPSA) is 23.6 Å². The molecule has 2 atom stereocenters. The van der Waals surface area contributed by atoms with Gasteiger partial charge in [-0.1, -0.05) is 36.4 Å². The fourth-order valence-electron chi connectivity index (χ4n) is 3.79. The highest BCUT2D eigenvalue weighted by atomic mass is 19.1.